The molecule has 4 N–H and O–H groups in total. The van der Waals surface area contributed by atoms with Gasteiger partial charge in [-0.05, 0) is 60.0 Å². The van der Waals surface area contributed by atoms with Crippen molar-refractivity contribution >= 4 is 27.4 Å². The smallest absolute Gasteiger partial charge is 0.116 e. The number of nitrogens with one attached hydrogen (secondary N) is 2. The fourth-order valence-corrected chi connectivity index (χ4v) is 4.44. The maximum absolute atomic E-state index is 6.20. The molecular weight excluding hydrogens is 408 g/mol. The maximum Gasteiger partial charge on any atom is 0.116 e. The van der Waals surface area contributed by atoms with E-state index < -0.39 is 0 Å². The van der Waals surface area contributed by atoms with Crippen LogP contribution in [0.5, 0.6) is 0 Å². The first-order valence-corrected chi connectivity index (χ1v) is 10.9. The first-order chi connectivity index (χ1) is 16.2. The summed E-state index contributed by atoms with van der Waals surface area (Å²) in [5.74, 6) is 0. The van der Waals surface area contributed by atoms with Crippen molar-refractivity contribution in [1.82, 2.24) is 25.1 Å². The molecule has 4 aromatic heterocycles. The Morgan fingerprint density at radius 3 is 2.73 bits per heavy atom. The Hall–Kier alpha value is -4.45. The molecule has 0 saturated heterocycles. The van der Waals surface area contributed by atoms with Gasteiger partial charge < -0.3 is 10.7 Å². The Morgan fingerprint density at radius 2 is 1.85 bits per heavy atom. The molecular formula is C27H22N6. The van der Waals surface area contributed by atoms with E-state index in [9.17, 15) is 0 Å². The van der Waals surface area contributed by atoms with E-state index in [1.807, 2.05) is 36.7 Å². The number of hydrogen-bond donors (Lipinski definition) is 3. The molecule has 0 radical (unpaired) electrons. The summed E-state index contributed by atoms with van der Waals surface area (Å²) in [6, 6.07) is 14.4. The Labute approximate surface area is 190 Å². The van der Waals surface area contributed by atoms with Gasteiger partial charge in [-0.2, -0.15) is 5.10 Å². The van der Waals surface area contributed by atoms with Crippen LogP contribution in [0.4, 0.5) is 0 Å². The number of fused-ring (bicyclic) bond motifs is 2. The van der Waals surface area contributed by atoms with E-state index in [4.69, 9.17) is 5.73 Å². The van der Waals surface area contributed by atoms with Crippen LogP contribution >= 0.6 is 0 Å². The van der Waals surface area contributed by atoms with Gasteiger partial charge in [-0.25, -0.2) is 0 Å². The molecule has 1 aromatic carbocycles. The van der Waals surface area contributed by atoms with E-state index in [1.54, 1.807) is 6.20 Å². The van der Waals surface area contributed by atoms with E-state index >= 15 is 0 Å². The molecule has 0 fully saturated rings. The van der Waals surface area contributed by atoms with E-state index in [2.05, 4.69) is 62.1 Å². The number of nitrogens with zero attached hydrogens (tertiary/aromatic N) is 3. The fraction of sp³-hybridized carbons (Fsp3) is 0.0741. The van der Waals surface area contributed by atoms with Gasteiger partial charge in [0.25, 0.3) is 0 Å². The van der Waals surface area contributed by atoms with E-state index in [1.165, 1.54) is 0 Å². The van der Waals surface area contributed by atoms with Crippen molar-refractivity contribution in [2.24, 2.45) is 5.73 Å². The lowest BCUT2D eigenvalue weighted by atomic mass is 10.0. The highest BCUT2D eigenvalue weighted by atomic mass is 15.1. The molecule has 0 atom stereocenters. The second-order valence-electron chi connectivity index (χ2n) is 8.39. The molecule has 0 aliphatic heterocycles. The standard InChI is InChI=1S/C27H22N6/c1-16-4-5-17(12-20(28)11-16)18-6-7-24-21(13-18)27(33-32-24)25-14-22-23(31-25)8-10-30-26(22)19-3-2-9-29-15-19/h2-3,5-10,12-15,31H,1,4,11,28H2,(H,32,33). The lowest BCUT2D eigenvalue weighted by Crippen LogP contribution is -1.96. The summed E-state index contributed by atoms with van der Waals surface area (Å²) in [4.78, 5) is 12.4. The zero-order valence-corrected chi connectivity index (χ0v) is 18.0. The number of H-pyrrole nitrogens is 2. The van der Waals surface area contributed by atoms with Crippen LogP contribution in [-0.2, 0) is 0 Å². The Kier molecular flexibility index (Phi) is 4.43. The van der Waals surface area contributed by atoms with Gasteiger partial charge in [-0.15, -0.1) is 0 Å². The van der Waals surface area contributed by atoms with Crippen LogP contribution in [0.3, 0.4) is 0 Å². The lowest BCUT2D eigenvalue weighted by molar-refractivity contribution is 1.05. The molecule has 6 heteroatoms. The van der Waals surface area contributed by atoms with Gasteiger partial charge in [-0.1, -0.05) is 24.3 Å². The molecule has 0 amide bonds. The van der Waals surface area contributed by atoms with Gasteiger partial charge in [0.1, 0.15) is 5.69 Å². The van der Waals surface area contributed by atoms with Crippen molar-refractivity contribution in [3.8, 4) is 22.6 Å². The molecule has 0 saturated carbocycles. The molecule has 0 spiro atoms. The normalized spacial score (nSPS) is 14.4. The summed E-state index contributed by atoms with van der Waals surface area (Å²) >= 11 is 0. The third-order valence-corrected chi connectivity index (χ3v) is 6.04. The average molecular weight is 431 g/mol. The van der Waals surface area contributed by atoms with Crippen molar-refractivity contribution in [2.75, 3.05) is 0 Å². The molecule has 1 aliphatic carbocycles. The number of nitrogens with two attached hydrogens (primary N) is 1. The van der Waals surface area contributed by atoms with Crippen LogP contribution in [0, 0.1) is 0 Å². The highest BCUT2D eigenvalue weighted by Crippen LogP contribution is 2.34. The van der Waals surface area contributed by atoms with Crippen LogP contribution in [-0.4, -0.2) is 25.1 Å². The number of pyridine rings is 2. The number of rotatable bonds is 3. The zero-order chi connectivity index (χ0) is 22.4. The van der Waals surface area contributed by atoms with Gasteiger partial charge in [0.2, 0.25) is 0 Å². The molecule has 4 heterocycles. The quantitative estimate of drug-likeness (QED) is 0.318. The van der Waals surface area contributed by atoms with Crippen molar-refractivity contribution in [3.63, 3.8) is 0 Å². The summed E-state index contributed by atoms with van der Waals surface area (Å²) in [5.41, 5.74) is 16.0. The minimum atomic E-state index is 0.738. The second-order valence-corrected chi connectivity index (χ2v) is 8.39. The van der Waals surface area contributed by atoms with E-state index in [0.717, 1.165) is 79.7 Å². The predicted octanol–water partition coefficient (Wildman–Crippen LogP) is 5.74. The number of aromatic nitrogens is 5. The van der Waals surface area contributed by atoms with Gasteiger partial charge in [0.05, 0.1) is 16.9 Å². The first kappa shape index (κ1) is 19.3. The summed E-state index contributed by atoms with van der Waals surface area (Å²) in [7, 11) is 0. The van der Waals surface area contributed by atoms with E-state index in [0.29, 0.717) is 0 Å². The molecule has 6 rings (SSSR count). The Balaban J connectivity index is 1.48. The first-order valence-electron chi connectivity index (χ1n) is 10.9. The minimum absolute atomic E-state index is 0.738. The van der Waals surface area contributed by atoms with Crippen LogP contribution in [0.1, 0.15) is 18.4 Å². The van der Waals surface area contributed by atoms with Crippen molar-refractivity contribution < 1.29 is 0 Å². The van der Waals surface area contributed by atoms with Crippen LogP contribution in [0.25, 0.3) is 50.0 Å². The Morgan fingerprint density at radius 1 is 0.939 bits per heavy atom. The van der Waals surface area contributed by atoms with Gasteiger partial charge in [0.15, 0.2) is 0 Å². The average Bonchev–Trinajstić information content (AvgIpc) is 3.41. The van der Waals surface area contributed by atoms with Crippen molar-refractivity contribution in [3.05, 3.63) is 96.6 Å². The summed E-state index contributed by atoms with van der Waals surface area (Å²) in [6.07, 6.45) is 11.2. The maximum atomic E-state index is 6.20. The molecule has 6 nitrogen and oxygen atoms in total. The van der Waals surface area contributed by atoms with Gasteiger partial charge in [0, 0.05) is 52.6 Å². The molecule has 160 valence electrons. The molecule has 1 aliphatic rings. The predicted molar refractivity (Wildman–Crippen MR) is 133 cm³/mol. The summed E-state index contributed by atoms with van der Waals surface area (Å²) in [6.45, 7) is 4.10. The minimum Gasteiger partial charge on any atom is -0.402 e. The van der Waals surface area contributed by atoms with Crippen molar-refractivity contribution in [2.45, 2.75) is 12.8 Å². The number of allylic oxidation sites excluding steroid dienone is 4. The second kappa shape index (κ2) is 7.60. The van der Waals surface area contributed by atoms with E-state index in [-0.39, 0.29) is 0 Å². The molecule has 0 unspecified atom stereocenters. The van der Waals surface area contributed by atoms with Gasteiger partial charge in [-0.3, -0.25) is 15.1 Å². The highest BCUT2D eigenvalue weighted by Gasteiger charge is 2.15. The van der Waals surface area contributed by atoms with Crippen LogP contribution in [0.2, 0.25) is 0 Å². The number of benzene rings is 1. The SMILES string of the molecule is C=C1CC=C(c2ccc3[nH]nc(-c4cc5c(-c6cccnc6)nccc5[nH]4)c3c2)C=C(N)C1. The number of hydrogen-bond acceptors (Lipinski definition) is 4. The summed E-state index contributed by atoms with van der Waals surface area (Å²) in [5, 5.41) is 9.88. The monoisotopic (exact) mass is 430 g/mol. The van der Waals surface area contributed by atoms with Gasteiger partial charge >= 0.3 is 0 Å². The summed E-state index contributed by atoms with van der Waals surface area (Å²) < 4.78 is 0. The largest absolute Gasteiger partial charge is 0.402 e. The van der Waals surface area contributed by atoms with Crippen molar-refractivity contribution in [1.29, 1.82) is 0 Å². The molecule has 0 bridgehead atoms. The topological polar surface area (TPSA) is 96.3 Å². The van der Waals surface area contributed by atoms with Crippen LogP contribution < -0.4 is 5.73 Å². The Bertz CT molecular complexity index is 1580. The molecule has 5 aromatic rings. The number of aromatic amines is 2. The zero-order valence-electron chi connectivity index (χ0n) is 18.0. The third kappa shape index (κ3) is 3.42. The lowest BCUT2D eigenvalue weighted by Gasteiger charge is -2.04. The fourth-order valence-electron chi connectivity index (χ4n) is 4.44. The molecule has 33 heavy (non-hydrogen) atoms. The third-order valence-electron chi connectivity index (χ3n) is 6.04. The highest BCUT2D eigenvalue weighted by molar-refractivity contribution is 6.00. The van der Waals surface area contributed by atoms with Crippen LogP contribution in [0.15, 0.2) is 91.1 Å².